The van der Waals surface area contributed by atoms with Gasteiger partial charge in [-0.15, -0.1) is 0 Å². The fourth-order valence-corrected chi connectivity index (χ4v) is 6.88. The minimum atomic E-state index is -0.615. The molecular formula is C26H30O4. The SMILES string of the molecule is CC[C@]12c3c4ccc(OCc5ccccc5)c3O[C@H]1C1(CCC2[C@H](C)C4)OCCO1. The van der Waals surface area contributed by atoms with Crippen molar-refractivity contribution in [2.45, 2.75) is 63.4 Å². The van der Waals surface area contributed by atoms with Gasteiger partial charge in [-0.25, -0.2) is 0 Å². The summed E-state index contributed by atoms with van der Waals surface area (Å²) in [7, 11) is 0. The molecular weight excluding hydrogens is 376 g/mol. The fourth-order valence-electron chi connectivity index (χ4n) is 6.88. The van der Waals surface area contributed by atoms with E-state index >= 15 is 0 Å². The first-order valence-electron chi connectivity index (χ1n) is 11.5. The average molecular weight is 407 g/mol. The number of rotatable bonds is 4. The summed E-state index contributed by atoms with van der Waals surface area (Å²) < 4.78 is 25.7. The molecule has 0 amide bonds. The molecule has 1 spiro atoms. The van der Waals surface area contributed by atoms with E-state index in [2.05, 4.69) is 38.1 Å². The van der Waals surface area contributed by atoms with Crippen LogP contribution in [0.2, 0.25) is 0 Å². The molecule has 0 bridgehead atoms. The monoisotopic (exact) mass is 406 g/mol. The highest BCUT2D eigenvalue weighted by Gasteiger charge is 2.68. The predicted molar refractivity (Wildman–Crippen MR) is 114 cm³/mol. The summed E-state index contributed by atoms with van der Waals surface area (Å²) >= 11 is 0. The first-order valence-corrected chi connectivity index (χ1v) is 11.5. The van der Waals surface area contributed by atoms with Gasteiger partial charge in [0.05, 0.1) is 13.2 Å². The van der Waals surface area contributed by atoms with Crippen molar-refractivity contribution in [3.05, 3.63) is 59.2 Å². The zero-order valence-corrected chi connectivity index (χ0v) is 17.9. The van der Waals surface area contributed by atoms with Crippen LogP contribution in [0.1, 0.15) is 49.8 Å². The summed E-state index contributed by atoms with van der Waals surface area (Å²) in [6.45, 7) is 6.57. The summed E-state index contributed by atoms with van der Waals surface area (Å²) in [6, 6.07) is 14.7. The lowest BCUT2D eigenvalue weighted by molar-refractivity contribution is -0.254. The van der Waals surface area contributed by atoms with Crippen LogP contribution < -0.4 is 9.47 Å². The number of fused-ring (bicyclic) bond motifs is 1. The Morgan fingerprint density at radius 3 is 2.63 bits per heavy atom. The molecule has 0 N–H and O–H groups in total. The number of hydrogen-bond donors (Lipinski definition) is 0. The molecule has 0 radical (unpaired) electrons. The molecule has 1 unspecified atom stereocenters. The van der Waals surface area contributed by atoms with E-state index in [4.69, 9.17) is 18.9 Å². The molecule has 1 saturated heterocycles. The normalized spacial score (nSPS) is 32.7. The van der Waals surface area contributed by atoms with Crippen molar-refractivity contribution in [3.8, 4) is 11.5 Å². The molecule has 4 nitrogen and oxygen atoms in total. The Kier molecular flexibility index (Phi) is 4.20. The topological polar surface area (TPSA) is 36.9 Å². The second-order valence-corrected chi connectivity index (χ2v) is 9.43. The lowest BCUT2D eigenvalue weighted by Crippen LogP contribution is -2.64. The maximum absolute atomic E-state index is 6.83. The van der Waals surface area contributed by atoms with Crippen molar-refractivity contribution in [2.75, 3.05) is 13.2 Å². The van der Waals surface area contributed by atoms with Crippen molar-refractivity contribution in [2.24, 2.45) is 11.8 Å². The van der Waals surface area contributed by atoms with Crippen molar-refractivity contribution in [1.29, 1.82) is 0 Å². The summed E-state index contributed by atoms with van der Waals surface area (Å²) in [5.74, 6) is 2.39. The van der Waals surface area contributed by atoms with Gasteiger partial charge in [0.15, 0.2) is 17.6 Å². The molecule has 158 valence electrons. The quantitative estimate of drug-likeness (QED) is 0.714. The maximum atomic E-state index is 6.83. The Labute approximate surface area is 178 Å². The van der Waals surface area contributed by atoms with Crippen LogP contribution >= 0.6 is 0 Å². The van der Waals surface area contributed by atoms with E-state index < -0.39 is 5.79 Å². The standard InChI is InChI=1S/C26H30O4/c1-3-25-20-11-12-26(28-13-14-29-26)24(25)30-23-21(27-16-18-7-5-4-6-8-18)10-9-19(22(23)25)15-17(20)2/h4-10,17,20,24H,3,11-16H2,1-2H3/t17-,20?,24-,25+/m1/s1. The van der Waals surface area contributed by atoms with Gasteiger partial charge in [-0.3, -0.25) is 0 Å². The van der Waals surface area contributed by atoms with E-state index in [1.165, 1.54) is 11.1 Å². The van der Waals surface area contributed by atoms with Crippen LogP contribution in [0.15, 0.2) is 42.5 Å². The molecule has 2 aliphatic carbocycles. The molecule has 2 aliphatic heterocycles. The highest BCUT2D eigenvalue weighted by molar-refractivity contribution is 5.60. The van der Waals surface area contributed by atoms with Gasteiger partial charge in [0.25, 0.3) is 0 Å². The van der Waals surface area contributed by atoms with Gasteiger partial charge in [0, 0.05) is 17.4 Å². The Hall–Kier alpha value is -2.04. The van der Waals surface area contributed by atoms with Crippen LogP contribution in [0.5, 0.6) is 11.5 Å². The van der Waals surface area contributed by atoms with Gasteiger partial charge in [-0.05, 0) is 48.3 Å². The van der Waals surface area contributed by atoms with Crippen molar-refractivity contribution >= 4 is 0 Å². The highest BCUT2D eigenvalue weighted by Crippen LogP contribution is 2.65. The fraction of sp³-hybridized carbons (Fsp3) is 0.538. The van der Waals surface area contributed by atoms with Crippen molar-refractivity contribution in [3.63, 3.8) is 0 Å². The Morgan fingerprint density at radius 2 is 1.87 bits per heavy atom. The molecule has 2 aromatic carbocycles. The van der Waals surface area contributed by atoms with E-state index in [1.807, 2.05) is 18.2 Å². The second-order valence-electron chi connectivity index (χ2n) is 9.43. The van der Waals surface area contributed by atoms with Crippen LogP contribution in [0.25, 0.3) is 0 Å². The van der Waals surface area contributed by atoms with Crippen molar-refractivity contribution in [1.82, 2.24) is 0 Å². The summed E-state index contributed by atoms with van der Waals surface area (Å²) in [6.07, 6.45) is 4.08. The van der Waals surface area contributed by atoms with Crippen LogP contribution in [-0.2, 0) is 27.9 Å². The van der Waals surface area contributed by atoms with E-state index in [-0.39, 0.29) is 11.5 Å². The van der Waals surface area contributed by atoms with Gasteiger partial charge < -0.3 is 18.9 Å². The minimum Gasteiger partial charge on any atom is -0.485 e. The number of benzene rings is 2. The van der Waals surface area contributed by atoms with Gasteiger partial charge in [-0.1, -0.05) is 50.2 Å². The van der Waals surface area contributed by atoms with E-state index in [9.17, 15) is 0 Å². The molecule has 0 aromatic heterocycles. The molecule has 1 saturated carbocycles. The Morgan fingerprint density at radius 1 is 1.07 bits per heavy atom. The molecule has 2 heterocycles. The summed E-state index contributed by atoms with van der Waals surface area (Å²) in [5.41, 5.74) is 3.90. The molecule has 2 aromatic rings. The molecule has 4 aliphatic rings. The van der Waals surface area contributed by atoms with Gasteiger partial charge in [-0.2, -0.15) is 0 Å². The summed E-state index contributed by atoms with van der Waals surface area (Å²) in [5, 5.41) is 0. The number of ether oxygens (including phenoxy) is 4. The zero-order chi connectivity index (χ0) is 20.3. The number of hydrogen-bond acceptors (Lipinski definition) is 4. The second kappa shape index (κ2) is 6.73. The third-order valence-electron chi connectivity index (χ3n) is 8.07. The predicted octanol–water partition coefficient (Wildman–Crippen LogP) is 5.02. The van der Waals surface area contributed by atoms with Crippen LogP contribution in [0.4, 0.5) is 0 Å². The summed E-state index contributed by atoms with van der Waals surface area (Å²) in [4.78, 5) is 0. The largest absolute Gasteiger partial charge is 0.485 e. The first kappa shape index (κ1) is 18.7. The van der Waals surface area contributed by atoms with E-state index in [0.717, 1.165) is 42.7 Å². The molecule has 4 heteroatoms. The van der Waals surface area contributed by atoms with Gasteiger partial charge in [0.1, 0.15) is 6.61 Å². The third kappa shape index (κ3) is 2.41. The Balaban J connectivity index is 1.46. The van der Waals surface area contributed by atoms with Crippen LogP contribution in [-0.4, -0.2) is 25.1 Å². The van der Waals surface area contributed by atoms with E-state index in [0.29, 0.717) is 31.7 Å². The molecule has 30 heavy (non-hydrogen) atoms. The Bertz CT molecular complexity index is 949. The minimum absolute atomic E-state index is 0.0585. The van der Waals surface area contributed by atoms with E-state index in [1.54, 1.807) is 0 Å². The highest BCUT2D eigenvalue weighted by atomic mass is 16.8. The van der Waals surface area contributed by atoms with Gasteiger partial charge >= 0.3 is 0 Å². The molecule has 6 rings (SSSR count). The third-order valence-corrected chi connectivity index (χ3v) is 8.07. The van der Waals surface area contributed by atoms with Crippen LogP contribution in [0, 0.1) is 11.8 Å². The maximum Gasteiger partial charge on any atom is 0.206 e. The molecule has 4 atom stereocenters. The van der Waals surface area contributed by atoms with Crippen molar-refractivity contribution < 1.29 is 18.9 Å². The lowest BCUT2D eigenvalue weighted by Gasteiger charge is -2.55. The van der Waals surface area contributed by atoms with Gasteiger partial charge in [0.2, 0.25) is 5.79 Å². The average Bonchev–Trinajstić information content (AvgIpc) is 3.39. The lowest BCUT2D eigenvalue weighted by atomic mass is 9.51. The first-order chi connectivity index (χ1) is 14.7. The smallest absolute Gasteiger partial charge is 0.206 e. The molecule has 2 fully saturated rings. The van der Waals surface area contributed by atoms with Crippen LogP contribution in [0.3, 0.4) is 0 Å². The zero-order valence-electron chi connectivity index (χ0n) is 17.9.